The lowest BCUT2D eigenvalue weighted by Crippen LogP contribution is -2.63. The Morgan fingerprint density at radius 3 is 2.90 bits per heavy atom. The summed E-state index contributed by atoms with van der Waals surface area (Å²) in [5.74, 6) is 0.823. The molecule has 2 aliphatic heterocycles. The molecule has 1 unspecified atom stereocenters. The van der Waals surface area contributed by atoms with E-state index in [-0.39, 0.29) is 5.91 Å². The minimum absolute atomic E-state index is 0.155. The first-order valence-electron chi connectivity index (χ1n) is 7.59. The van der Waals surface area contributed by atoms with Crippen LogP contribution in [0.3, 0.4) is 0 Å². The Labute approximate surface area is 119 Å². The van der Waals surface area contributed by atoms with E-state index in [0.717, 1.165) is 18.8 Å². The number of amides is 1. The number of likely N-dealkylation sites (tertiary alicyclic amines) is 2. The van der Waals surface area contributed by atoms with Crippen molar-refractivity contribution in [2.24, 2.45) is 0 Å². The number of rotatable bonds is 3. The topological polar surface area (TPSA) is 49.6 Å². The maximum absolute atomic E-state index is 12.1. The van der Waals surface area contributed by atoms with E-state index in [4.69, 9.17) is 4.52 Å². The van der Waals surface area contributed by atoms with E-state index < -0.39 is 0 Å². The number of hydrogen-bond acceptors (Lipinski definition) is 4. The fraction of sp³-hybridized carbons (Fsp3) is 0.733. The molecule has 1 aromatic heterocycles. The van der Waals surface area contributed by atoms with E-state index >= 15 is 0 Å². The van der Waals surface area contributed by atoms with Crippen LogP contribution in [0, 0.1) is 6.92 Å². The van der Waals surface area contributed by atoms with Crippen molar-refractivity contribution in [1.29, 1.82) is 0 Å². The second kappa shape index (κ2) is 5.56. The molecule has 2 aliphatic rings. The lowest BCUT2D eigenvalue weighted by Gasteiger charge is -2.49. The molecule has 0 spiro atoms. The highest BCUT2D eigenvalue weighted by Gasteiger charge is 2.37. The first kappa shape index (κ1) is 13.6. The Bertz CT molecular complexity index is 479. The molecule has 3 heterocycles. The van der Waals surface area contributed by atoms with Gasteiger partial charge in [0.2, 0.25) is 5.91 Å². The number of carbonyl (C=O) groups is 1. The predicted molar refractivity (Wildman–Crippen MR) is 75.3 cm³/mol. The van der Waals surface area contributed by atoms with Crippen molar-refractivity contribution in [3.8, 4) is 0 Å². The number of nitrogens with zero attached hydrogens (tertiary/aromatic N) is 3. The first-order valence-corrected chi connectivity index (χ1v) is 7.59. The summed E-state index contributed by atoms with van der Waals surface area (Å²) in [6, 6.07) is 3.07. The third kappa shape index (κ3) is 2.73. The summed E-state index contributed by atoms with van der Waals surface area (Å²) in [5, 5.41) is 3.82. The van der Waals surface area contributed by atoms with E-state index in [2.05, 4.69) is 17.0 Å². The Balaban J connectivity index is 1.48. The normalized spacial score (nSPS) is 24.7. The molecule has 2 fully saturated rings. The van der Waals surface area contributed by atoms with Gasteiger partial charge in [-0.25, -0.2) is 0 Å². The van der Waals surface area contributed by atoms with E-state index in [0.29, 0.717) is 24.3 Å². The SMILES string of the molecule is Cc1cc(CC(=O)N2CC(N3CCCCC3C)C2)on1. The lowest BCUT2D eigenvalue weighted by atomic mass is 9.97. The van der Waals surface area contributed by atoms with Gasteiger partial charge in [-0.1, -0.05) is 11.6 Å². The van der Waals surface area contributed by atoms with Crippen molar-refractivity contribution in [2.45, 2.75) is 51.6 Å². The highest BCUT2D eigenvalue weighted by atomic mass is 16.5. The molecular formula is C15H23N3O2. The Kier molecular flexibility index (Phi) is 3.78. The van der Waals surface area contributed by atoms with Gasteiger partial charge in [-0.2, -0.15) is 0 Å². The van der Waals surface area contributed by atoms with Gasteiger partial charge in [0.05, 0.1) is 12.1 Å². The average molecular weight is 277 g/mol. The van der Waals surface area contributed by atoms with Gasteiger partial charge < -0.3 is 9.42 Å². The summed E-state index contributed by atoms with van der Waals surface area (Å²) in [4.78, 5) is 16.6. The number of aromatic nitrogens is 1. The van der Waals surface area contributed by atoms with Crippen molar-refractivity contribution in [3.63, 3.8) is 0 Å². The quantitative estimate of drug-likeness (QED) is 0.842. The molecule has 0 aliphatic carbocycles. The predicted octanol–water partition coefficient (Wildman–Crippen LogP) is 1.61. The molecule has 3 rings (SSSR count). The van der Waals surface area contributed by atoms with Gasteiger partial charge in [-0.3, -0.25) is 9.69 Å². The fourth-order valence-electron chi connectivity index (χ4n) is 3.29. The smallest absolute Gasteiger partial charge is 0.230 e. The standard InChI is InChI=1S/C15H23N3O2/c1-11-7-14(20-16-11)8-15(19)17-9-13(10-17)18-6-4-3-5-12(18)2/h7,12-13H,3-6,8-10H2,1-2H3. The summed E-state index contributed by atoms with van der Waals surface area (Å²) < 4.78 is 5.11. The molecule has 20 heavy (non-hydrogen) atoms. The minimum Gasteiger partial charge on any atom is -0.361 e. The average Bonchev–Trinajstić information content (AvgIpc) is 2.75. The van der Waals surface area contributed by atoms with E-state index in [9.17, 15) is 4.79 Å². The van der Waals surface area contributed by atoms with Crippen LogP contribution in [0.2, 0.25) is 0 Å². The minimum atomic E-state index is 0.155. The molecular weight excluding hydrogens is 254 g/mol. The number of carbonyl (C=O) groups excluding carboxylic acids is 1. The Hall–Kier alpha value is -1.36. The van der Waals surface area contributed by atoms with Crippen LogP contribution in [-0.4, -0.2) is 52.6 Å². The van der Waals surface area contributed by atoms with Crippen LogP contribution in [0.15, 0.2) is 10.6 Å². The molecule has 5 nitrogen and oxygen atoms in total. The molecule has 0 aromatic carbocycles. The number of hydrogen-bond donors (Lipinski definition) is 0. The molecule has 110 valence electrons. The van der Waals surface area contributed by atoms with Crippen molar-refractivity contribution < 1.29 is 9.32 Å². The van der Waals surface area contributed by atoms with Crippen LogP contribution in [-0.2, 0) is 11.2 Å². The molecule has 1 aromatic rings. The van der Waals surface area contributed by atoms with Gasteiger partial charge in [0.15, 0.2) is 0 Å². The highest BCUT2D eigenvalue weighted by Crippen LogP contribution is 2.24. The van der Waals surface area contributed by atoms with E-state index in [1.54, 1.807) is 0 Å². The van der Waals surface area contributed by atoms with Crippen LogP contribution < -0.4 is 0 Å². The van der Waals surface area contributed by atoms with Gasteiger partial charge in [0, 0.05) is 31.2 Å². The lowest BCUT2D eigenvalue weighted by molar-refractivity contribution is -0.139. The second-order valence-corrected chi connectivity index (χ2v) is 6.15. The zero-order chi connectivity index (χ0) is 14.1. The number of piperidine rings is 1. The summed E-state index contributed by atoms with van der Waals surface area (Å²) in [5.41, 5.74) is 0.830. The maximum Gasteiger partial charge on any atom is 0.230 e. The van der Waals surface area contributed by atoms with Crippen molar-refractivity contribution in [2.75, 3.05) is 19.6 Å². The molecule has 2 saturated heterocycles. The zero-order valence-electron chi connectivity index (χ0n) is 12.3. The molecule has 5 heteroatoms. The molecule has 1 atom stereocenters. The van der Waals surface area contributed by atoms with Gasteiger partial charge in [0.1, 0.15) is 5.76 Å². The summed E-state index contributed by atoms with van der Waals surface area (Å²) in [6.07, 6.45) is 4.27. The van der Waals surface area contributed by atoms with Crippen molar-refractivity contribution in [3.05, 3.63) is 17.5 Å². The highest BCUT2D eigenvalue weighted by molar-refractivity contribution is 5.79. The molecule has 0 N–H and O–H groups in total. The molecule has 0 bridgehead atoms. The monoisotopic (exact) mass is 277 g/mol. The van der Waals surface area contributed by atoms with E-state index in [1.807, 2.05) is 17.9 Å². The summed E-state index contributed by atoms with van der Waals surface area (Å²) in [6.45, 7) is 7.11. The van der Waals surface area contributed by atoms with Gasteiger partial charge in [0.25, 0.3) is 0 Å². The second-order valence-electron chi connectivity index (χ2n) is 6.15. The Morgan fingerprint density at radius 1 is 1.45 bits per heavy atom. The first-order chi connectivity index (χ1) is 9.63. The number of aryl methyl sites for hydroxylation is 1. The van der Waals surface area contributed by atoms with Gasteiger partial charge in [-0.05, 0) is 33.2 Å². The summed E-state index contributed by atoms with van der Waals surface area (Å²) >= 11 is 0. The summed E-state index contributed by atoms with van der Waals surface area (Å²) in [7, 11) is 0. The van der Waals surface area contributed by atoms with Crippen molar-refractivity contribution in [1.82, 2.24) is 15.0 Å². The van der Waals surface area contributed by atoms with Gasteiger partial charge >= 0.3 is 0 Å². The van der Waals surface area contributed by atoms with Crippen molar-refractivity contribution >= 4 is 5.91 Å². The van der Waals surface area contributed by atoms with E-state index in [1.165, 1.54) is 25.8 Å². The molecule has 0 saturated carbocycles. The third-order valence-corrected chi connectivity index (χ3v) is 4.54. The maximum atomic E-state index is 12.1. The zero-order valence-corrected chi connectivity index (χ0v) is 12.3. The van der Waals surface area contributed by atoms with Crippen LogP contribution in [0.4, 0.5) is 0 Å². The van der Waals surface area contributed by atoms with Gasteiger partial charge in [-0.15, -0.1) is 0 Å². The molecule has 0 radical (unpaired) electrons. The fourth-order valence-corrected chi connectivity index (χ4v) is 3.29. The molecule has 1 amide bonds. The third-order valence-electron chi connectivity index (χ3n) is 4.54. The van der Waals surface area contributed by atoms with Crippen LogP contribution in [0.25, 0.3) is 0 Å². The van der Waals surface area contributed by atoms with Crippen LogP contribution in [0.1, 0.15) is 37.6 Å². The van der Waals surface area contributed by atoms with Crippen LogP contribution in [0.5, 0.6) is 0 Å². The van der Waals surface area contributed by atoms with Crippen LogP contribution >= 0.6 is 0 Å². The Morgan fingerprint density at radius 2 is 2.25 bits per heavy atom. The largest absolute Gasteiger partial charge is 0.361 e.